The summed E-state index contributed by atoms with van der Waals surface area (Å²) in [6.07, 6.45) is 3.96. The van der Waals surface area contributed by atoms with Gasteiger partial charge in [-0.3, -0.25) is 4.68 Å². The van der Waals surface area contributed by atoms with E-state index in [0.29, 0.717) is 0 Å². The van der Waals surface area contributed by atoms with E-state index in [1.807, 2.05) is 10.9 Å². The second-order valence-electron chi connectivity index (χ2n) is 6.14. The normalized spacial score (nSPS) is 11.8. The Labute approximate surface area is 115 Å². The van der Waals surface area contributed by atoms with Crippen LogP contribution in [0.15, 0.2) is 36.7 Å². The molecule has 2 aromatic rings. The Balaban J connectivity index is 1.95. The van der Waals surface area contributed by atoms with Crippen LogP contribution in [-0.4, -0.2) is 15.3 Å². The smallest absolute Gasteiger partial charge is 0.0659 e. The van der Waals surface area contributed by atoms with Crippen molar-refractivity contribution in [2.75, 3.05) is 0 Å². The highest BCUT2D eigenvalue weighted by Crippen LogP contribution is 2.08. The van der Waals surface area contributed by atoms with Crippen molar-refractivity contribution in [3.63, 3.8) is 0 Å². The lowest BCUT2D eigenvalue weighted by atomic mass is 10.1. The highest BCUT2D eigenvalue weighted by molar-refractivity contribution is 5.23. The van der Waals surface area contributed by atoms with Gasteiger partial charge in [0.2, 0.25) is 0 Å². The van der Waals surface area contributed by atoms with Crippen molar-refractivity contribution in [3.8, 4) is 0 Å². The van der Waals surface area contributed by atoms with Crippen LogP contribution in [0.1, 0.15) is 37.5 Å². The zero-order chi connectivity index (χ0) is 13.9. The molecule has 0 saturated carbocycles. The van der Waals surface area contributed by atoms with Gasteiger partial charge < -0.3 is 5.32 Å². The fourth-order valence-electron chi connectivity index (χ4n) is 1.87. The Hall–Kier alpha value is -1.61. The Morgan fingerprint density at radius 3 is 2.26 bits per heavy atom. The number of hydrogen-bond acceptors (Lipinski definition) is 2. The summed E-state index contributed by atoms with van der Waals surface area (Å²) in [7, 11) is 0. The third-order valence-corrected chi connectivity index (χ3v) is 2.95. The molecule has 3 nitrogen and oxygen atoms in total. The van der Waals surface area contributed by atoms with Gasteiger partial charge in [-0.15, -0.1) is 0 Å². The molecule has 1 N–H and O–H groups in total. The molecule has 1 heterocycles. The number of nitrogens with one attached hydrogen (secondary N) is 1. The molecule has 0 aliphatic heterocycles. The Kier molecular flexibility index (Phi) is 4.05. The first-order chi connectivity index (χ1) is 8.92. The van der Waals surface area contributed by atoms with E-state index in [1.54, 1.807) is 0 Å². The monoisotopic (exact) mass is 257 g/mol. The summed E-state index contributed by atoms with van der Waals surface area (Å²) in [6, 6.07) is 8.72. The Morgan fingerprint density at radius 2 is 1.74 bits per heavy atom. The van der Waals surface area contributed by atoms with Gasteiger partial charge in [0.1, 0.15) is 0 Å². The van der Waals surface area contributed by atoms with Crippen LogP contribution in [0.3, 0.4) is 0 Å². The summed E-state index contributed by atoms with van der Waals surface area (Å²) >= 11 is 0. The van der Waals surface area contributed by atoms with Crippen LogP contribution in [0.4, 0.5) is 0 Å². The van der Waals surface area contributed by atoms with Crippen LogP contribution in [0.25, 0.3) is 0 Å². The molecule has 0 saturated heterocycles. The van der Waals surface area contributed by atoms with Gasteiger partial charge in [-0.05, 0) is 44.4 Å². The first-order valence-electron chi connectivity index (χ1n) is 6.74. The van der Waals surface area contributed by atoms with Crippen molar-refractivity contribution in [2.45, 2.75) is 46.3 Å². The SMILES string of the molecule is Cc1cnn(Cc2ccc(CNC(C)(C)C)cc2)c1. The van der Waals surface area contributed by atoms with E-state index < -0.39 is 0 Å². The molecular weight excluding hydrogens is 234 g/mol. The van der Waals surface area contributed by atoms with Gasteiger partial charge in [0.05, 0.1) is 12.7 Å². The topological polar surface area (TPSA) is 29.9 Å². The van der Waals surface area contributed by atoms with Crippen LogP contribution >= 0.6 is 0 Å². The molecular formula is C16H23N3. The lowest BCUT2D eigenvalue weighted by molar-refractivity contribution is 0.424. The van der Waals surface area contributed by atoms with Crippen molar-refractivity contribution in [2.24, 2.45) is 0 Å². The van der Waals surface area contributed by atoms with Crippen molar-refractivity contribution in [1.82, 2.24) is 15.1 Å². The van der Waals surface area contributed by atoms with Gasteiger partial charge in [0, 0.05) is 18.3 Å². The molecule has 0 fully saturated rings. The molecule has 0 atom stereocenters. The maximum absolute atomic E-state index is 4.31. The lowest BCUT2D eigenvalue weighted by Crippen LogP contribution is -2.35. The number of aromatic nitrogens is 2. The van der Waals surface area contributed by atoms with Crippen LogP contribution in [0, 0.1) is 6.92 Å². The number of rotatable bonds is 4. The zero-order valence-corrected chi connectivity index (χ0v) is 12.3. The molecule has 1 aromatic heterocycles. The molecule has 2 rings (SSSR count). The molecule has 0 radical (unpaired) electrons. The predicted molar refractivity (Wildman–Crippen MR) is 79.1 cm³/mol. The minimum atomic E-state index is 0.158. The second kappa shape index (κ2) is 5.57. The van der Waals surface area contributed by atoms with Gasteiger partial charge in [-0.25, -0.2) is 0 Å². The van der Waals surface area contributed by atoms with Gasteiger partial charge in [0.15, 0.2) is 0 Å². The van der Waals surface area contributed by atoms with E-state index >= 15 is 0 Å². The minimum absolute atomic E-state index is 0.158. The highest BCUT2D eigenvalue weighted by atomic mass is 15.3. The van der Waals surface area contributed by atoms with E-state index in [-0.39, 0.29) is 5.54 Å². The van der Waals surface area contributed by atoms with Crippen molar-refractivity contribution in [3.05, 3.63) is 53.3 Å². The molecule has 0 spiro atoms. The average molecular weight is 257 g/mol. The summed E-state index contributed by atoms with van der Waals surface area (Å²) in [5.74, 6) is 0. The number of aryl methyl sites for hydroxylation is 1. The quantitative estimate of drug-likeness (QED) is 0.912. The van der Waals surface area contributed by atoms with E-state index in [2.05, 4.69) is 68.6 Å². The van der Waals surface area contributed by atoms with E-state index in [4.69, 9.17) is 0 Å². The lowest BCUT2D eigenvalue weighted by Gasteiger charge is -2.20. The first-order valence-corrected chi connectivity index (χ1v) is 6.74. The Morgan fingerprint density at radius 1 is 1.11 bits per heavy atom. The fourth-order valence-corrected chi connectivity index (χ4v) is 1.87. The molecule has 0 aliphatic rings. The largest absolute Gasteiger partial charge is 0.308 e. The number of nitrogens with zero attached hydrogens (tertiary/aromatic N) is 2. The standard InChI is InChI=1S/C16H23N3/c1-13-9-18-19(11-13)12-15-7-5-14(6-8-15)10-17-16(2,3)4/h5-9,11,17H,10,12H2,1-4H3. The van der Waals surface area contributed by atoms with Gasteiger partial charge in [-0.1, -0.05) is 24.3 Å². The Bertz CT molecular complexity index is 518. The van der Waals surface area contributed by atoms with Gasteiger partial charge in [-0.2, -0.15) is 5.10 Å². The zero-order valence-electron chi connectivity index (χ0n) is 12.3. The molecule has 0 aliphatic carbocycles. The molecule has 0 bridgehead atoms. The van der Waals surface area contributed by atoms with E-state index in [0.717, 1.165) is 13.1 Å². The van der Waals surface area contributed by atoms with Gasteiger partial charge in [0.25, 0.3) is 0 Å². The first kappa shape index (κ1) is 13.8. The molecule has 3 heteroatoms. The van der Waals surface area contributed by atoms with Crippen LogP contribution in [-0.2, 0) is 13.1 Å². The summed E-state index contributed by atoms with van der Waals surface area (Å²) in [5.41, 5.74) is 3.95. The average Bonchev–Trinajstić information content (AvgIpc) is 2.73. The summed E-state index contributed by atoms with van der Waals surface area (Å²) in [5, 5.41) is 7.80. The van der Waals surface area contributed by atoms with Crippen molar-refractivity contribution >= 4 is 0 Å². The number of hydrogen-bond donors (Lipinski definition) is 1. The summed E-state index contributed by atoms with van der Waals surface area (Å²) < 4.78 is 1.97. The fraction of sp³-hybridized carbons (Fsp3) is 0.438. The molecule has 102 valence electrons. The molecule has 19 heavy (non-hydrogen) atoms. The maximum Gasteiger partial charge on any atom is 0.0659 e. The van der Waals surface area contributed by atoms with Gasteiger partial charge >= 0.3 is 0 Å². The third-order valence-electron chi connectivity index (χ3n) is 2.95. The maximum atomic E-state index is 4.31. The van der Waals surface area contributed by atoms with Crippen molar-refractivity contribution < 1.29 is 0 Å². The summed E-state index contributed by atoms with van der Waals surface area (Å²) in [4.78, 5) is 0. The van der Waals surface area contributed by atoms with Crippen LogP contribution in [0.2, 0.25) is 0 Å². The van der Waals surface area contributed by atoms with E-state index in [9.17, 15) is 0 Å². The third kappa shape index (κ3) is 4.52. The van der Waals surface area contributed by atoms with Crippen LogP contribution in [0.5, 0.6) is 0 Å². The molecule has 0 amide bonds. The second-order valence-corrected chi connectivity index (χ2v) is 6.14. The van der Waals surface area contributed by atoms with Crippen LogP contribution < -0.4 is 5.32 Å². The minimum Gasteiger partial charge on any atom is -0.308 e. The molecule has 0 unspecified atom stereocenters. The molecule has 1 aromatic carbocycles. The summed E-state index contributed by atoms with van der Waals surface area (Å²) in [6.45, 7) is 10.3. The highest BCUT2D eigenvalue weighted by Gasteiger charge is 2.08. The number of benzene rings is 1. The van der Waals surface area contributed by atoms with Crippen molar-refractivity contribution in [1.29, 1.82) is 0 Å². The predicted octanol–water partition coefficient (Wildman–Crippen LogP) is 3.13. The van der Waals surface area contributed by atoms with E-state index in [1.165, 1.54) is 16.7 Å².